The molecule has 0 fully saturated rings. The van der Waals surface area contributed by atoms with Crippen molar-refractivity contribution in [3.63, 3.8) is 0 Å². The van der Waals surface area contributed by atoms with Crippen LogP contribution in [0, 0.1) is 0 Å². The zero-order chi connectivity index (χ0) is 15.9. The first-order valence-corrected chi connectivity index (χ1v) is 8.43. The largest absolute Gasteiger partial charge is 0.272 e. The normalized spacial score (nSPS) is 10.1. The molecule has 4 nitrogen and oxygen atoms in total. The van der Waals surface area contributed by atoms with Crippen LogP contribution in [-0.4, -0.2) is 17.6 Å². The fourth-order valence-corrected chi connectivity index (χ4v) is 2.60. The monoisotopic (exact) mass is 398 g/mol. The lowest BCUT2D eigenvalue weighted by Gasteiger charge is -2.07. The van der Waals surface area contributed by atoms with Crippen molar-refractivity contribution in [2.45, 2.75) is 4.90 Å². The molecule has 0 bridgehead atoms. The van der Waals surface area contributed by atoms with E-state index >= 15 is 0 Å². The molecule has 0 saturated heterocycles. The summed E-state index contributed by atoms with van der Waals surface area (Å²) in [6.45, 7) is 0. The molecule has 0 aliphatic carbocycles. The van der Waals surface area contributed by atoms with Crippen LogP contribution >= 0.6 is 39.3 Å². The molecule has 0 heterocycles. The van der Waals surface area contributed by atoms with Gasteiger partial charge in [0.05, 0.1) is 5.75 Å². The fraction of sp³-hybridized carbons (Fsp3) is 0.0667. The maximum absolute atomic E-state index is 11.8. The number of hydrogen-bond acceptors (Lipinski definition) is 3. The van der Waals surface area contributed by atoms with Crippen molar-refractivity contribution < 1.29 is 9.59 Å². The van der Waals surface area contributed by atoms with Crippen LogP contribution in [0.1, 0.15) is 10.4 Å². The predicted molar refractivity (Wildman–Crippen MR) is 91.9 cm³/mol. The van der Waals surface area contributed by atoms with E-state index in [1.165, 1.54) is 11.8 Å². The Hall–Kier alpha value is -1.50. The van der Waals surface area contributed by atoms with Gasteiger partial charge in [-0.25, -0.2) is 0 Å². The summed E-state index contributed by atoms with van der Waals surface area (Å²) in [4.78, 5) is 24.4. The number of carbonyl (C=O) groups is 2. The fourth-order valence-electron chi connectivity index (χ4n) is 1.52. The molecule has 2 aromatic rings. The number of nitrogens with one attached hydrogen (secondary N) is 2. The van der Waals surface area contributed by atoms with Gasteiger partial charge in [0.25, 0.3) is 5.91 Å². The van der Waals surface area contributed by atoms with E-state index in [4.69, 9.17) is 11.6 Å². The van der Waals surface area contributed by atoms with Gasteiger partial charge in [-0.3, -0.25) is 20.4 Å². The molecule has 7 heteroatoms. The van der Waals surface area contributed by atoms with E-state index in [0.29, 0.717) is 10.6 Å². The van der Waals surface area contributed by atoms with Gasteiger partial charge in [0.2, 0.25) is 5.91 Å². The first-order valence-electron chi connectivity index (χ1n) is 6.28. The van der Waals surface area contributed by atoms with Crippen LogP contribution in [0.5, 0.6) is 0 Å². The van der Waals surface area contributed by atoms with Gasteiger partial charge >= 0.3 is 0 Å². The zero-order valence-electron chi connectivity index (χ0n) is 11.3. The van der Waals surface area contributed by atoms with Gasteiger partial charge in [0, 0.05) is 20.0 Å². The summed E-state index contributed by atoms with van der Waals surface area (Å²) >= 11 is 10.4. The van der Waals surface area contributed by atoms with Crippen molar-refractivity contribution in [2.75, 3.05) is 5.75 Å². The second kappa shape index (κ2) is 8.22. The molecular weight excluding hydrogens is 388 g/mol. The lowest BCUT2D eigenvalue weighted by atomic mass is 10.2. The first kappa shape index (κ1) is 16.9. The average molecular weight is 400 g/mol. The van der Waals surface area contributed by atoms with Crippen molar-refractivity contribution in [2.24, 2.45) is 0 Å². The topological polar surface area (TPSA) is 58.2 Å². The van der Waals surface area contributed by atoms with Crippen molar-refractivity contribution >= 4 is 51.1 Å². The quantitative estimate of drug-likeness (QED) is 0.609. The number of thioether (sulfide) groups is 1. The summed E-state index contributed by atoms with van der Waals surface area (Å²) in [7, 11) is 0. The van der Waals surface area contributed by atoms with E-state index in [-0.39, 0.29) is 17.6 Å². The second-order valence-corrected chi connectivity index (χ2v) is 6.65. The Morgan fingerprint density at radius 3 is 2.27 bits per heavy atom. The van der Waals surface area contributed by atoms with Crippen LogP contribution in [0.3, 0.4) is 0 Å². The van der Waals surface area contributed by atoms with Crippen molar-refractivity contribution in [1.82, 2.24) is 10.9 Å². The minimum absolute atomic E-state index is 0.197. The number of amides is 2. The molecule has 2 rings (SSSR count). The maximum atomic E-state index is 11.8. The van der Waals surface area contributed by atoms with Gasteiger partial charge in [0.15, 0.2) is 0 Å². The number of hydrazine groups is 1. The summed E-state index contributed by atoms with van der Waals surface area (Å²) in [5.74, 6) is -0.454. The van der Waals surface area contributed by atoms with Gasteiger partial charge in [-0.2, -0.15) is 0 Å². The molecule has 2 amide bonds. The molecule has 0 aliphatic heterocycles. The summed E-state index contributed by atoms with van der Waals surface area (Å²) in [6, 6.07) is 14.0. The van der Waals surface area contributed by atoms with Crippen LogP contribution in [0.15, 0.2) is 57.9 Å². The Bertz CT molecular complexity index is 662. The van der Waals surface area contributed by atoms with E-state index in [2.05, 4.69) is 26.8 Å². The lowest BCUT2D eigenvalue weighted by Crippen LogP contribution is -2.42. The minimum Gasteiger partial charge on any atom is -0.272 e. The molecule has 0 atom stereocenters. The highest BCUT2D eigenvalue weighted by Gasteiger charge is 2.07. The standard InChI is InChI=1S/C15H12BrClN2O2S/c16-11-3-1-10(2-4-11)15(21)19-18-14(20)9-22-13-7-5-12(17)6-8-13/h1-8H,9H2,(H,18,20)(H,19,21). The third-order valence-corrected chi connectivity index (χ3v) is 4.40. The molecule has 2 N–H and O–H groups in total. The van der Waals surface area contributed by atoms with Gasteiger partial charge < -0.3 is 0 Å². The van der Waals surface area contributed by atoms with Crippen LogP contribution in [0.25, 0.3) is 0 Å². The summed E-state index contributed by atoms with van der Waals surface area (Å²) in [5.41, 5.74) is 5.22. The molecule has 0 aliphatic rings. The van der Waals surface area contributed by atoms with Crippen molar-refractivity contribution in [3.8, 4) is 0 Å². The molecule has 114 valence electrons. The molecule has 22 heavy (non-hydrogen) atoms. The molecule has 0 spiro atoms. The molecular formula is C15H12BrClN2O2S. The molecule has 0 aromatic heterocycles. The van der Waals surface area contributed by atoms with E-state index in [9.17, 15) is 9.59 Å². The van der Waals surface area contributed by atoms with Crippen LogP contribution < -0.4 is 10.9 Å². The summed E-state index contributed by atoms with van der Waals surface area (Å²) in [6.07, 6.45) is 0. The summed E-state index contributed by atoms with van der Waals surface area (Å²) < 4.78 is 0.882. The maximum Gasteiger partial charge on any atom is 0.269 e. The number of hydrogen-bond donors (Lipinski definition) is 2. The second-order valence-electron chi connectivity index (χ2n) is 4.25. The molecule has 2 aromatic carbocycles. The summed E-state index contributed by atoms with van der Waals surface area (Å²) in [5, 5.41) is 0.649. The van der Waals surface area contributed by atoms with Crippen molar-refractivity contribution in [3.05, 3.63) is 63.6 Å². The van der Waals surface area contributed by atoms with Gasteiger partial charge in [-0.15, -0.1) is 11.8 Å². The highest BCUT2D eigenvalue weighted by atomic mass is 79.9. The Kier molecular flexibility index (Phi) is 6.30. The van der Waals surface area contributed by atoms with Crippen LogP contribution in [0.4, 0.5) is 0 Å². The highest BCUT2D eigenvalue weighted by molar-refractivity contribution is 9.10. The third-order valence-electron chi connectivity index (χ3n) is 2.61. The molecule has 0 radical (unpaired) electrons. The Morgan fingerprint density at radius 2 is 1.64 bits per heavy atom. The zero-order valence-corrected chi connectivity index (χ0v) is 14.5. The Balaban J connectivity index is 1.76. The number of rotatable bonds is 4. The lowest BCUT2D eigenvalue weighted by molar-refractivity contribution is -0.119. The smallest absolute Gasteiger partial charge is 0.269 e. The van der Waals surface area contributed by atoms with Gasteiger partial charge in [-0.1, -0.05) is 27.5 Å². The molecule has 0 unspecified atom stereocenters. The van der Waals surface area contributed by atoms with E-state index in [0.717, 1.165) is 9.37 Å². The SMILES string of the molecule is O=C(CSc1ccc(Cl)cc1)NNC(=O)c1ccc(Br)cc1. The Labute approximate surface area is 145 Å². The Morgan fingerprint density at radius 1 is 1.00 bits per heavy atom. The first-order chi connectivity index (χ1) is 10.5. The number of halogens is 2. The van der Waals surface area contributed by atoms with Crippen LogP contribution in [-0.2, 0) is 4.79 Å². The van der Waals surface area contributed by atoms with Crippen molar-refractivity contribution in [1.29, 1.82) is 0 Å². The molecule has 0 saturated carbocycles. The van der Waals surface area contributed by atoms with Gasteiger partial charge in [0.1, 0.15) is 0 Å². The number of benzene rings is 2. The average Bonchev–Trinajstić information content (AvgIpc) is 2.52. The van der Waals surface area contributed by atoms with E-state index < -0.39 is 0 Å². The number of carbonyl (C=O) groups excluding carboxylic acids is 2. The highest BCUT2D eigenvalue weighted by Crippen LogP contribution is 2.19. The minimum atomic E-state index is -0.364. The third kappa shape index (κ3) is 5.36. The predicted octanol–water partition coefficient (Wildman–Crippen LogP) is 3.66. The van der Waals surface area contributed by atoms with E-state index in [1.807, 2.05) is 12.1 Å². The van der Waals surface area contributed by atoms with Crippen LogP contribution in [0.2, 0.25) is 5.02 Å². The van der Waals surface area contributed by atoms with E-state index in [1.54, 1.807) is 36.4 Å². The van der Waals surface area contributed by atoms with Gasteiger partial charge in [-0.05, 0) is 48.5 Å².